The lowest BCUT2D eigenvalue weighted by Crippen LogP contribution is -2.35. The zero-order valence-electron chi connectivity index (χ0n) is 12.3. The second kappa shape index (κ2) is 5.93. The number of aromatic nitrogens is 4. The minimum Gasteiger partial charge on any atom is -0.330 e. The van der Waals surface area contributed by atoms with Crippen molar-refractivity contribution in [3.05, 3.63) is 28.0 Å². The molecule has 112 valence electrons. The lowest BCUT2D eigenvalue weighted by atomic mass is 9.99. The van der Waals surface area contributed by atoms with E-state index in [0.29, 0.717) is 5.69 Å². The van der Waals surface area contributed by atoms with Gasteiger partial charge < -0.3 is 4.90 Å². The van der Waals surface area contributed by atoms with E-state index in [1.54, 1.807) is 5.38 Å². The average molecular weight is 305 g/mol. The van der Waals surface area contributed by atoms with Gasteiger partial charge in [-0.2, -0.15) is 5.10 Å². The number of nitrogens with one attached hydrogen (secondary N) is 1. The van der Waals surface area contributed by atoms with Crippen LogP contribution >= 0.6 is 11.5 Å². The molecule has 1 unspecified atom stereocenters. The molecule has 7 heteroatoms. The molecule has 1 saturated heterocycles. The van der Waals surface area contributed by atoms with Crippen molar-refractivity contribution in [2.75, 3.05) is 6.54 Å². The maximum Gasteiger partial charge on any atom is 0.275 e. The summed E-state index contributed by atoms with van der Waals surface area (Å²) in [5.74, 6) is -0.0179. The second-order valence-corrected chi connectivity index (χ2v) is 6.11. The maximum absolute atomic E-state index is 12.7. The molecular weight excluding hydrogens is 286 g/mol. The van der Waals surface area contributed by atoms with Crippen LogP contribution < -0.4 is 0 Å². The third-order valence-corrected chi connectivity index (χ3v) is 4.62. The highest BCUT2D eigenvalue weighted by atomic mass is 32.1. The Kier molecular flexibility index (Phi) is 4.01. The standard InChI is InChI=1S/C14H19N5OS/c1-9-13(10(2)16-15-9)12-6-4-3-5-7-19(12)14(20)11-8-21-18-17-11/h8,12H,3-7H2,1-2H3,(H,15,16). The van der Waals surface area contributed by atoms with Crippen LogP contribution in [0, 0.1) is 13.8 Å². The first kappa shape index (κ1) is 14.2. The fraction of sp³-hybridized carbons (Fsp3) is 0.571. The highest BCUT2D eigenvalue weighted by molar-refractivity contribution is 7.03. The number of amides is 1. The van der Waals surface area contributed by atoms with Crippen LogP contribution in [0.1, 0.15) is 59.2 Å². The van der Waals surface area contributed by atoms with Gasteiger partial charge in [0.2, 0.25) is 0 Å². The topological polar surface area (TPSA) is 74.8 Å². The molecule has 6 nitrogen and oxygen atoms in total. The Bertz CT molecular complexity index is 602. The monoisotopic (exact) mass is 305 g/mol. The Morgan fingerprint density at radius 2 is 2.24 bits per heavy atom. The van der Waals surface area contributed by atoms with Crippen molar-refractivity contribution in [2.45, 2.75) is 45.6 Å². The van der Waals surface area contributed by atoms with E-state index >= 15 is 0 Å². The molecule has 0 radical (unpaired) electrons. The van der Waals surface area contributed by atoms with E-state index in [4.69, 9.17) is 0 Å². The Labute approximate surface area is 127 Å². The highest BCUT2D eigenvalue weighted by Crippen LogP contribution is 2.34. The summed E-state index contributed by atoms with van der Waals surface area (Å²) in [6, 6.07) is 0.0837. The van der Waals surface area contributed by atoms with Gasteiger partial charge in [0, 0.05) is 23.2 Å². The molecule has 0 aromatic carbocycles. The van der Waals surface area contributed by atoms with Gasteiger partial charge >= 0.3 is 0 Å². The van der Waals surface area contributed by atoms with Gasteiger partial charge in [-0.1, -0.05) is 17.3 Å². The van der Waals surface area contributed by atoms with Crippen molar-refractivity contribution in [3.63, 3.8) is 0 Å². The number of rotatable bonds is 2. The zero-order chi connectivity index (χ0) is 14.8. The first-order chi connectivity index (χ1) is 10.2. The first-order valence-electron chi connectivity index (χ1n) is 7.28. The molecule has 0 saturated carbocycles. The average Bonchev–Trinajstić information content (AvgIpc) is 3.04. The van der Waals surface area contributed by atoms with Gasteiger partial charge in [0.15, 0.2) is 5.69 Å². The molecule has 3 rings (SSSR count). The van der Waals surface area contributed by atoms with Gasteiger partial charge in [-0.15, -0.1) is 5.10 Å². The summed E-state index contributed by atoms with van der Waals surface area (Å²) in [4.78, 5) is 14.7. The van der Waals surface area contributed by atoms with Gasteiger partial charge in [0.25, 0.3) is 5.91 Å². The van der Waals surface area contributed by atoms with E-state index in [9.17, 15) is 4.79 Å². The zero-order valence-corrected chi connectivity index (χ0v) is 13.1. The van der Waals surface area contributed by atoms with Crippen LogP contribution in [0.4, 0.5) is 0 Å². The Balaban J connectivity index is 1.96. The van der Waals surface area contributed by atoms with Crippen molar-refractivity contribution in [3.8, 4) is 0 Å². The van der Waals surface area contributed by atoms with Crippen LogP contribution in [0.5, 0.6) is 0 Å². The van der Waals surface area contributed by atoms with Gasteiger partial charge in [-0.3, -0.25) is 9.89 Å². The lowest BCUT2D eigenvalue weighted by molar-refractivity contribution is 0.0674. The van der Waals surface area contributed by atoms with Crippen LogP contribution in [-0.2, 0) is 0 Å². The molecule has 2 aromatic heterocycles. The molecule has 0 aliphatic carbocycles. The number of aryl methyl sites for hydroxylation is 2. The van der Waals surface area contributed by atoms with Crippen molar-refractivity contribution >= 4 is 17.4 Å². The van der Waals surface area contributed by atoms with Gasteiger partial charge in [-0.25, -0.2) is 0 Å². The number of hydrogen-bond donors (Lipinski definition) is 1. The summed E-state index contributed by atoms with van der Waals surface area (Å²) in [6.07, 6.45) is 4.31. The molecule has 1 aliphatic rings. The minimum atomic E-state index is -0.0179. The number of likely N-dealkylation sites (tertiary alicyclic amines) is 1. The van der Waals surface area contributed by atoms with Crippen molar-refractivity contribution in [1.82, 2.24) is 24.7 Å². The summed E-state index contributed by atoms with van der Waals surface area (Å²) in [7, 11) is 0. The third kappa shape index (κ3) is 2.70. The number of carbonyl (C=O) groups is 1. The Morgan fingerprint density at radius 3 is 2.90 bits per heavy atom. The molecule has 2 aromatic rings. The first-order valence-corrected chi connectivity index (χ1v) is 8.11. The van der Waals surface area contributed by atoms with E-state index in [1.807, 2.05) is 18.7 Å². The van der Waals surface area contributed by atoms with Crippen LogP contribution in [0.3, 0.4) is 0 Å². The maximum atomic E-state index is 12.7. The predicted octanol–water partition coefficient (Wildman–Crippen LogP) is 2.64. The van der Waals surface area contributed by atoms with E-state index in [1.165, 1.54) is 11.5 Å². The molecule has 1 N–H and O–H groups in total. The van der Waals surface area contributed by atoms with Gasteiger partial charge in [0.1, 0.15) is 0 Å². The van der Waals surface area contributed by atoms with Crippen molar-refractivity contribution in [2.24, 2.45) is 0 Å². The van der Waals surface area contributed by atoms with E-state index in [-0.39, 0.29) is 11.9 Å². The Hall–Kier alpha value is -1.76. The molecule has 1 aliphatic heterocycles. The molecule has 21 heavy (non-hydrogen) atoms. The van der Waals surface area contributed by atoms with Crippen LogP contribution in [0.15, 0.2) is 5.38 Å². The molecule has 0 spiro atoms. The van der Waals surface area contributed by atoms with E-state index in [0.717, 1.165) is 49.2 Å². The van der Waals surface area contributed by atoms with Crippen LogP contribution in [0.2, 0.25) is 0 Å². The quantitative estimate of drug-likeness (QED) is 0.925. The molecule has 1 atom stereocenters. The number of hydrogen-bond acceptors (Lipinski definition) is 5. The summed E-state index contributed by atoms with van der Waals surface area (Å²) in [5, 5.41) is 13.0. The van der Waals surface area contributed by atoms with E-state index < -0.39 is 0 Å². The molecule has 3 heterocycles. The summed E-state index contributed by atoms with van der Waals surface area (Å²) >= 11 is 1.22. The van der Waals surface area contributed by atoms with Gasteiger partial charge in [-0.05, 0) is 38.2 Å². The lowest BCUT2D eigenvalue weighted by Gasteiger charge is -2.30. The third-order valence-electron chi connectivity index (χ3n) is 4.11. The van der Waals surface area contributed by atoms with Crippen molar-refractivity contribution in [1.29, 1.82) is 0 Å². The van der Waals surface area contributed by atoms with Crippen LogP contribution in [-0.4, -0.2) is 37.1 Å². The number of nitrogens with zero attached hydrogens (tertiary/aromatic N) is 4. The van der Waals surface area contributed by atoms with Crippen LogP contribution in [0.25, 0.3) is 0 Å². The van der Waals surface area contributed by atoms with E-state index in [2.05, 4.69) is 19.8 Å². The smallest absolute Gasteiger partial charge is 0.275 e. The van der Waals surface area contributed by atoms with Gasteiger partial charge in [0.05, 0.1) is 11.7 Å². The largest absolute Gasteiger partial charge is 0.330 e. The number of H-pyrrole nitrogens is 1. The normalized spacial score (nSPS) is 19.5. The number of carbonyl (C=O) groups excluding carboxylic acids is 1. The highest BCUT2D eigenvalue weighted by Gasteiger charge is 2.31. The molecule has 1 fully saturated rings. The SMILES string of the molecule is Cc1n[nH]c(C)c1C1CCCCCN1C(=O)c1csnn1. The Morgan fingerprint density at radius 1 is 1.38 bits per heavy atom. The molecular formula is C14H19N5OS. The molecule has 0 bridgehead atoms. The number of aromatic amines is 1. The fourth-order valence-corrected chi connectivity index (χ4v) is 3.54. The molecule has 1 amide bonds. The summed E-state index contributed by atoms with van der Waals surface area (Å²) < 4.78 is 3.81. The predicted molar refractivity (Wildman–Crippen MR) is 80.2 cm³/mol. The fourth-order valence-electron chi connectivity index (χ4n) is 3.11. The summed E-state index contributed by atoms with van der Waals surface area (Å²) in [6.45, 7) is 4.79. The van der Waals surface area contributed by atoms with Crippen molar-refractivity contribution < 1.29 is 4.79 Å². The second-order valence-electron chi connectivity index (χ2n) is 5.50. The minimum absolute atomic E-state index is 0.0179. The summed E-state index contributed by atoms with van der Waals surface area (Å²) in [5.41, 5.74) is 3.64.